The van der Waals surface area contributed by atoms with E-state index in [9.17, 15) is 0 Å². The highest BCUT2D eigenvalue weighted by Crippen LogP contribution is 2.49. The van der Waals surface area contributed by atoms with E-state index in [0.29, 0.717) is 0 Å². The molecule has 0 bridgehead atoms. The van der Waals surface area contributed by atoms with Crippen molar-refractivity contribution < 1.29 is 0 Å². The first-order valence-electron chi connectivity index (χ1n) is 8.99. The summed E-state index contributed by atoms with van der Waals surface area (Å²) in [4.78, 5) is 0. The van der Waals surface area contributed by atoms with E-state index < -0.39 is 0 Å². The van der Waals surface area contributed by atoms with E-state index in [1.165, 1.54) is 44.2 Å². The van der Waals surface area contributed by atoms with Gasteiger partial charge in [-0.15, -0.1) is 0 Å². The molecule has 0 atom stereocenters. The van der Waals surface area contributed by atoms with Crippen LogP contribution in [0.3, 0.4) is 0 Å². The molecule has 0 spiro atoms. The molecule has 5 rings (SSSR count). The molecule has 1 heteroatoms. The topological polar surface area (TPSA) is 0 Å². The Morgan fingerprint density at radius 1 is 0.654 bits per heavy atom. The third kappa shape index (κ3) is 2.20. The van der Waals surface area contributed by atoms with Gasteiger partial charge < -0.3 is 0 Å². The summed E-state index contributed by atoms with van der Waals surface area (Å²) in [7, 11) is 0. The highest BCUT2D eigenvalue weighted by Gasteiger charge is 2.33. The van der Waals surface area contributed by atoms with Crippen LogP contribution in [0.25, 0.3) is 33.0 Å². The van der Waals surface area contributed by atoms with Crippen molar-refractivity contribution in [1.82, 2.24) is 0 Å². The van der Waals surface area contributed by atoms with Crippen LogP contribution < -0.4 is 0 Å². The van der Waals surface area contributed by atoms with Gasteiger partial charge in [-0.2, -0.15) is 0 Å². The summed E-state index contributed by atoms with van der Waals surface area (Å²) in [6, 6.07) is 28.9. The lowest BCUT2D eigenvalue weighted by Gasteiger charge is -2.35. The molecule has 0 unspecified atom stereocenters. The zero-order valence-electron chi connectivity index (χ0n) is 14.9. The van der Waals surface area contributed by atoms with Gasteiger partial charge in [0, 0.05) is 9.89 Å². The summed E-state index contributed by atoms with van der Waals surface area (Å²) < 4.78 is 1.11. The SMILES string of the molecule is CC1(C)c2cc(-c3ccc(Br)cc3)ccc2-c2cccc3cccc1c23. The Bertz CT molecular complexity index is 1150. The van der Waals surface area contributed by atoms with E-state index in [-0.39, 0.29) is 5.41 Å². The van der Waals surface area contributed by atoms with Gasteiger partial charge in [0.1, 0.15) is 0 Å². The van der Waals surface area contributed by atoms with Gasteiger partial charge in [-0.25, -0.2) is 0 Å². The van der Waals surface area contributed by atoms with Crippen LogP contribution in [0.2, 0.25) is 0 Å². The summed E-state index contributed by atoms with van der Waals surface area (Å²) >= 11 is 3.53. The molecule has 0 aliphatic heterocycles. The van der Waals surface area contributed by atoms with Gasteiger partial charge in [-0.3, -0.25) is 0 Å². The molecule has 4 aromatic carbocycles. The number of hydrogen-bond acceptors (Lipinski definition) is 0. The van der Waals surface area contributed by atoms with Crippen molar-refractivity contribution in [3.63, 3.8) is 0 Å². The average molecular weight is 399 g/mol. The van der Waals surface area contributed by atoms with Crippen LogP contribution in [-0.2, 0) is 5.41 Å². The molecule has 4 aromatic rings. The molecule has 0 fully saturated rings. The molecule has 26 heavy (non-hydrogen) atoms. The molecule has 1 aliphatic carbocycles. The Labute approximate surface area is 162 Å². The van der Waals surface area contributed by atoms with Gasteiger partial charge >= 0.3 is 0 Å². The highest BCUT2D eigenvalue weighted by atomic mass is 79.9. The van der Waals surface area contributed by atoms with E-state index in [2.05, 4.69) is 109 Å². The molecular weight excluding hydrogens is 380 g/mol. The minimum Gasteiger partial charge on any atom is -0.0613 e. The molecule has 0 saturated carbocycles. The Hall–Kier alpha value is -2.38. The van der Waals surface area contributed by atoms with Gasteiger partial charge in [-0.1, -0.05) is 90.4 Å². The fourth-order valence-corrected chi connectivity index (χ4v) is 4.61. The third-order valence-corrected chi connectivity index (χ3v) is 6.27. The van der Waals surface area contributed by atoms with Crippen LogP contribution in [0.5, 0.6) is 0 Å². The van der Waals surface area contributed by atoms with Gasteiger partial charge in [-0.05, 0) is 62.4 Å². The van der Waals surface area contributed by atoms with Crippen LogP contribution >= 0.6 is 15.9 Å². The summed E-state index contributed by atoms with van der Waals surface area (Å²) in [5.74, 6) is 0. The Kier molecular flexibility index (Phi) is 3.39. The normalized spacial score (nSPS) is 14.3. The first-order valence-corrected chi connectivity index (χ1v) is 9.78. The van der Waals surface area contributed by atoms with Crippen molar-refractivity contribution in [2.75, 3.05) is 0 Å². The predicted octanol–water partition coefficient (Wildman–Crippen LogP) is 7.58. The molecule has 0 amide bonds. The second kappa shape index (κ2) is 5.56. The maximum absolute atomic E-state index is 3.53. The minimum atomic E-state index is -0.0193. The molecule has 1 aliphatic rings. The quantitative estimate of drug-likeness (QED) is 0.310. The van der Waals surface area contributed by atoms with E-state index in [0.717, 1.165) is 4.47 Å². The van der Waals surface area contributed by atoms with Crippen molar-refractivity contribution in [3.8, 4) is 22.3 Å². The first kappa shape index (κ1) is 15.8. The van der Waals surface area contributed by atoms with Gasteiger partial charge in [0.05, 0.1) is 0 Å². The monoisotopic (exact) mass is 398 g/mol. The fourth-order valence-electron chi connectivity index (χ4n) is 4.35. The smallest absolute Gasteiger partial charge is 0.0175 e. The van der Waals surface area contributed by atoms with Crippen molar-refractivity contribution in [2.24, 2.45) is 0 Å². The molecule has 0 N–H and O–H groups in total. The summed E-state index contributed by atoms with van der Waals surface area (Å²) in [5, 5.41) is 2.74. The maximum atomic E-state index is 3.53. The zero-order chi connectivity index (χ0) is 17.9. The fraction of sp³-hybridized carbons (Fsp3) is 0.120. The Balaban J connectivity index is 1.81. The number of halogens is 1. The predicted molar refractivity (Wildman–Crippen MR) is 115 cm³/mol. The van der Waals surface area contributed by atoms with Crippen molar-refractivity contribution in [2.45, 2.75) is 19.3 Å². The largest absolute Gasteiger partial charge is 0.0613 e. The number of fused-ring (bicyclic) bond motifs is 2. The molecule has 0 saturated heterocycles. The second-order valence-corrected chi connectivity index (χ2v) is 8.52. The van der Waals surface area contributed by atoms with E-state index in [4.69, 9.17) is 0 Å². The number of hydrogen-bond donors (Lipinski definition) is 0. The van der Waals surface area contributed by atoms with E-state index >= 15 is 0 Å². The Morgan fingerprint density at radius 2 is 1.35 bits per heavy atom. The number of rotatable bonds is 1. The van der Waals surface area contributed by atoms with Gasteiger partial charge in [0.2, 0.25) is 0 Å². The summed E-state index contributed by atoms with van der Waals surface area (Å²) in [6.07, 6.45) is 0. The van der Waals surface area contributed by atoms with Crippen LogP contribution in [-0.4, -0.2) is 0 Å². The molecular formula is C25H19Br. The van der Waals surface area contributed by atoms with Gasteiger partial charge in [0.25, 0.3) is 0 Å². The third-order valence-electron chi connectivity index (χ3n) is 5.74. The summed E-state index contributed by atoms with van der Waals surface area (Å²) in [5.41, 5.74) is 8.05. The molecule has 0 nitrogen and oxygen atoms in total. The zero-order valence-corrected chi connectivity index (χ0v) is 16.5. The average Bonchev–Trinajstić information content (AvgIpc) is 2.66. The van der Waals surface area contributed by atoms with Crippen molar-refractivity contribution in [1.29, 1.82) is 0 Å². The van der Waals surface area contributed by atoms with Crippen LogP contribution in [0.1, 0.15) is 25.0 Å². The minimum absolute atomic E-state index is 0.0193. The van der Waals surface area contributed by atoms with Crippen LogP contribution in [0.15, 0.2) is 83.3 Å². The van der Waals surface area contributed by atoms with E-state index in [1.54, 1.807) is 0 Å². The van der Waals surface area contributed by atoms with Crippen LogP contribution in [0, 0.1) is 0 Å². The maximum Gasteiger partial charge on any atom is 0.0175 e. The lowest BCUT2D eigenvalue weighted by molar-refractivity contribution is 0.645. The standard InChI is InChI=1S/C25H19Br/c1-25(2)22-8-4-6-17-5-3-7-21(24(17)22)20-14-11-18(15-23(20)25)16-9-12-19(26)13-10-16/h3-15H,1-2H3. The molecule has 0 radical (unpaired) electrons. The molecule has 126 valence electrons. The van der Waals surface area contributed by atoms with Crippen molar-refractivity contribution >= 4 is 26.7 Å². The van der Waals surface area contributed by atoms with E-state index in [1.807, 2.05) is 0 Å². The summed E-state index contributed by atoms with van der Waals surface area (Å²) in [6.45, 7) is 4.70. The highest BCUT2D eigenvalue weighted by molar-refractivity contribution is 9.10. The van der Waals surface area contributed by atoms with Crippen LogP contribution in [0.4, 0.5) is 0 Å². The van der Waals surface area contributed by atoms with Gasteiger partial charge in [0.15, 0.2) is 0 Å². The van der Waals surface area contributed by atoms with Crippen molar-refractivity contribution in [3.05, 3.63) is 94.5 Å². The molecule has 0 aromatic heterocycles. The Morgan fingerprint density at radius 3 is 2.12 bits per heavy atom. The number of benzene rings is 4. The molecule has 0 heterocycles. The lowest BCUT2D eigenvalue weighted by atomic mass is 9.68. The lowest BCUT2D eigenvalue weighted by Crippen LogP contribution is -2.23. The first-order chi connectivity index (χ1) is 12.6. The second-order valence-electron chi connectivity index (χ2n) is 7.60.